The van der Waals surface area contributed by atoms with E-state index in [4.69, 9.17) is 21.7 Å². The number of carbonyl (C=O) groups excluding carboxylic acids is 1. The van der Waals surface area contributed by atoms with Gasteiger partial charge in [-0.25, -0.2) is 4.98 Å². The van der Waals surface area contributed by atoms with Gasteiger partial charge in [0.15, 0.2) is 16.6 Å². The number of rotatable bonds is 5. The molecule has 0 bridgehead atoms. The van der Waals surface area contributed by atoms with Crippen molar-refractivity contribution in [3.8, 4) is 11.5 Å². The number of aromatic nitrogens is 1. The molecule has 6 nitrogen and oxygen atoms in total. The van der Waals surface area contributed by atoms with Gasteiger partial charge >= 0.3 is 0 Å². The standard InChI is InChI=1S/C17H17N3O3S/c1-22-13-8-6-12(11-14(13)23-2)7-9-16(21)20-17(24)19-15-5-3-4-10-18-15/h3-11H,1-2H3,(H2,18,19,20,21,24). The SMILES string of the molecule is COc1ccc(C=CC(=O)NC(=S)Nc2ccccn2)cc1OC. The van der Waals surface area contributed by atoms with Gasteiger partial charge in [-0.1, -0.05) is 12.1 Å². The van der Waals surface area contributed by atoms with Gasteiger partial charge in [0.25, 0.3) is 0 Å². The first-order valence-electron chi connectivity index (χ1n) is 7.05. The molecule has 2 rings (SSSR count). The van der Waals surface area contributed by atoms with Crippen molar-refractivity contribution in [1.82, 2.24) is 10.3 Å². The molecule has 0 radical (unpaired) electrons. The topological polar surface area (TPSA) is 72.5 Å². The summed E-state index contributed by atoms with van der Waals surface area (Å²) in [4.78, 5) is 16.0. The Morgan fingerprint density at radius 1 is 1.17 bits per heavy atom. The Morgan fingerprint density at radius 2 is 1.96 bits per heavy atom. The number of carbonyl (C=O) groups is 1. The third-order valence-corrected chi connectivity index (χ3v) is 3.18. The van der Waals surface area contributed by atoms with Gasteiger partial charge < -0.3 is 14.8 Å². The van der Waals surface area contributed by atoms with Crippen molar-refractivity contribution >= 4 is 35.1 Å². The molecule has 2 aromatic rings. The summed E-state index contributed by atoms with van der Waals surface area (Å²) in [5.41, 5.74) is 0.798. The normalized spacial score (nSPS) is 10.2. The van der Waals surface area contributed by atoms with Crippen LogP contribution in [0, 0.1) is 0 Å². The molecule has 124 valence electrons. The number of benzene rings is 1. The summed E-state index contributed by atoms with van der Waals surface area (Å²) in [6.45, 7) is 0. The highest BCUT2D eigenvalue weighted by atomic mass is 32.1. The molecule has 1 amide bonds. The number of nitrogens with one attached hydrogen (secondary N) is 2. The largest absolute Gasteiger partial charge is 0.493 e. The van der Waals surface area contributed by atoms with Crippen molar-refractivity contribution in [3.05, 3.63) is 54.2 Å². The fourth-order valence-corrected chi connectivity index (χ4v) is 2.07. The van der Waals surface area contributed by atoms with Crippen molar-refractivity contribution in [2.75, 3.05) is 19.5 Å². The predicted molar refractivity (Wildman–Crippen MR) is 97.2 cm³/mol. The molecule has 1 heterocycles. The van der Waals surface area contributed by atoms with Crippen LogP contribution in [0.1, 0.15) is 5.56 Å². The molecule has 0 unspecified atom stereocenters. The number of ether oxygens (including phenoxy) is 2. The highest BCUT2D eigenvalue weighted by Crippen LogP contribution is 2.27. The molecule has 0 saturated carbocycles. The van der Waals surface area contributed by atoms with Crippen molar-refractivity contribution < 1.29 is 14.3 Å². The number of hydrogen-bond donors (Lipinski definition) is 2. The van der Waals surface area contributed by atoms with Gasteiger partial charge in [0.05, 0.1) is 14.2 Å². The Morgan fingerprint density at radius 3 is 2.62 bits per heavy atom. The van der Waals surface area contributed by atoms with Crippen molar-refractivity contribution in [1.29, 1.82) is 0 Å². The second-order valence-electron chi connectivity index (χ2n) is 4.61. The van der Waals surface area contributed by atoms with Gasteiger partial charge in [-0.3, -0.25) is 10.1 Å². The Balaban J connectivity index is 1.94. The van der Waals surface area contributed by atoms with Crippen LogP contribution >= 0.6 is 12.2 Å². The molecule has 1 aromatic heterocycles. The maximum absolute atomic E-state index is 11.9. The molecule has 0 aliphatic carbocycles. The number of pyridine rings is 1. The van der Waals surface area contributed by atoms with Crippen molar-refractivity contribution in [2.24, 2.45) is 0 Å². The monoisotopic (exact) mass is 343 g/mol. The molecule has 0 spiro atoms. The first kappa shape index (κ1) is 17.4. The molecule has 0 fully saturated rings. The Labute approximate surface area is 145 Å². The third kappa shape index (κ3) is 5.06. The molecule has 24 heavy (non-hydrogen) atoms. The van der Waals surface area contributed by atoms with E-state index in [9.17, 15) is 4.79 Å². The quantitative estimate of drug-likeness (QED) is 0.642. The zero-order valence-electron chi connectivity index (χ0n) is 13.3. The van der Waals surface area contributed by atoms with Crippen LogP contribution < -0.4 is 20.1 Å². The van der Waals surface area contributed by atoms with Gasteiger partial charge in [-0.2, -0.15) is 0 Å². The molecule has 0 saturated heterocycles. The molecular weight excluding hydrogens is 326 g/mol. The van der Waals surface area contributed by atoms with Gasteiger partial charge in [0, 0.05) is 12.3 Å². The summed E-state index contributed by atoms with van der Waals surface area (Å²) in [6.07, 6.45) is 4.66. The van der Waals surface area contributed by atoms with Crippen LogP contribution in [0.15, 0.2) is 48.7 Å². The third-order valence-electron chi connectivity index (χ3n) is 2.98. The summed E-state index contributed by atoms with van der Waals surface area (Å²) in [7, 11) is 3.12. The van der Waals surface area contributed by atoms with E-state index in [1.165, 1.54) is 6.08 Å². The average molecular weight is 343 g/mol. The molecular formula is C17H17N3O3S. The number of nitrogens with zero attached hydrogens (tertiary/aromatic N) is 1. The zero-order chi connectivity index (χ0) is 17.4. The summed E-state index contributed by atoms with van der Waals surface area (Å²) >= 11 is 5.06. The van der Waals surface area contributed by atoms with Crippen LogP contribution in [-0.4, -0.2) is 30.2 Å². The van der Waals surface area contributed by atoms with E-state index in [-0.39, 0.29) is 11.0 Å². The number of hydrogen-bond acceptors (Lipinski definition) is 5. The highest BCUT2D eigenvalue weighted by Gasteiger charge is 2.04. The molecule has 0 aliphatic heterocycles. The smallest absolute Gasteiger partial charge is 0.250 e. The maximum atomic E-state index is 11.9. The van der Waals surface area contributed by atoms with Crippen molar-refractivity contribution in [2.45, 2.75) is 0 Å². The van der Waals surface area contributed by atoms with E-state index in [1.54, 1.807) is 50.8 Å². The van der Waals surface area contributed by atoms with Crippen LogP contribution in [-0.2, 0) is 4.79 Å². The highest BCUT2D eigenvalue weighted by molar-refractivity contribution is 7.80. The molecule has 0 atom stereocenters. The van der Waals surface area contributed by atoms with E-state index in [0.29, 0.717) is 17.3 Å². The number of anilines is 1. The summed E-state index contributed by atoms with van der Waals surface area (Å²) in [6, 6.07) is 10.7. The van der Waals surface area contributed by atoms with Gasteiger partial charge in [0.1, 0.15) is 5.82 Å². The van der Waals surface area contributed by atoms with E-state index >= 15 is 0 Å². The zero-order valence-corrected chi connectivity index (χ0v) is 14.1. The van der Waals surface area contributed by atoms with E-state index in [2.05, 4.69) is 15.6 Å². The van der Waals surface area contributed by atoms with Crippen molar-refractivity contribution in [3.63, 3.8) is 0 Å². The Kier molecular flexibility index (Phi) is 6.27. The lowest BCUT2D eigenvalue weighted by Crippen LogP contribution is -2.33. The lowest BCUT2D eigenvalue weighted by atomic mass is 10.2. The Hall–Kier alpha value is -2.93. The van der Waals surface area contributed by atoms with Crippen LogP contribution in [0.5, 0.6) is 11.5 Å². The summed E-state index contributed by atoms with van der Waals surface area (Å²) in [5, 5.41) is 5.55. The van der Waals surface area contributed by atoms with Crippen LogP contribution in [0.3, 0.4) is 0 Å². The number of amides is 1. The number of methoxy groups -OCH3 is 2. The second-order valence-corrected chi connectivity index (χ2v) is 5.01. The second kappa shape index (κ2) is 8.64. The lowest BCUT2D eigenvalue weighted by Gasteiger charge is -2.08. The predicted octanol–water partition coefficient (Wildman–Crippen LogP) is 2.63. The molecule has 1 aromatic carbocycles. The van der Waals surface area contributed by atoms with E-state index in [0.717, 1.165) is 5.56 Å². The average Bonchev–Trinajstić information content (AvgIpc) is 2.60. The van der Waals surface area contributed by atoms with E-state index < -0.39 is 0 Å². The minimum Gasteiger partial charge on any atom is -0.493 e. The fourth-order valence-electron chi connectivity index (χ4n) is 1.87. The Bertz CT molecular complexity index is 748. The molecule has 2 N–H and O–H groups in total. The lowest BCUT2D eigenvalue weighted by molar-refractivity contribution is -0.115. The van der Waals surface area contributed by atoms with Crippen LogP contribution in [0.25, 0.3) is 6.08 Å². The number of thiocarbonyl (C=S) groups is 1. The minimum atomic E-state index is -0.349. The minimum absolute atomic E-state index is 0.177. The first-order chi connectivity index (χ1) is 11.6. The summed E-state index contributed by atoms with van der Waals surface area (Å²) in [5.74, 6) is 1.43. The fraction of sp³-hybridized carbons (Fsp3) is 0.118. The molecule has 0 aliphatic rings. The maximum Gasteiger partial charge on any atom is 0.250 e. The van der Waals surface area contributed by atoms with Crippen LogP contribution in [0.4, 0.5) is 5.82 Å². The first-order valence-corrected chi connectivity index (χ1v) is 7.46. The van der Waals surface area contributed by atoms with Crippen LogP contribution in [0.2, 0.25) is 0 Å². The summed E-state index contributed by atoms with van der Waals surface area (Å²) < 4.78 is 10.4. The van der Waals surface area contributed by atoms with Gasteiger partial charge in [0.2, 0.25) is 5.91 Å². The van der Waals surface area contributed by atoms with Gasteiger partial charge in [-0.05, 0) is 48.1 Å². The van der Waals surface area contributed by atoms with E-state index in [1.807, 2.05) is 12.1 Å². The molecule has 7 heteroatoms. The van der Waals surface area contributed by atoms with Gasteiger partial charge in [-0.15, -0.1) is 0 Å².